The van der Waals surface area contributed by atoms with Crippen molar-refractivity contribution in [3.05, 3.63) is 0 Å². The number of guanidine groups is 2. The van der Waals surface area contributed by atoms with Crippen molar-refractivity contribution in [3.63, 3.8) is 0 Å². The fourth-order valence-electron chi connectivity index (χ4n) is 4.90. The molecule has 0 radical (unpaired) electrons. The molecule has 4 atom stereocenters. The van der Waals surface area contributed by atoms with Gasteiger partial charge in [-0.1, -0.05) is 0 Å². The fourth-order valence-corrected chi connectivity index (χ4v) is 4.90. The molecule has 2 aliphatic rings. The standard InChI is InChI=1S/C24H43N11O6/c25-14(5-1-9-30-23(26)27)19(37)32-13-18(36)34-11-3-7-16(34)20(38)33-15(6-2-10-31-24(28)29)21(39)35-12-4-8-17(35)22(40)41/h14-17H,1-13,25H2,(H,32,37)(H,33,38)(H,40,41)(H4,26,27,30)(H4,28,29,31)/t14-,15-,16-,17-/m0/s1. The second kappa shape index (κ2) is 16.2. The quantitative estimate of drug-likeness (QED) is 0.0525. The lowest BCUT2D eigenvalue weighted by molar-refractivity contribution is -0.149. The van der Waals surface area contributed by atoms with Gasteiger partial charge in [-0.15, -0.1) is 0 Å². The summed E-state index contributed by atoms with van der Waals surface area (Å²) in [6, 6.07) is -3.70. The van der Waals surface area contributed by atoms with E-state index in [4.69, 9.17) is 28.7 Å². The van der Waals surface area contributed by atoms with Gasteiger partial charge in [-0.25, -0.2) is 4.79 Å². The predicted octanol–water partition coefficient (Wildman–Crippen LogP) is -3.91. The van der Waals surface area contributed by atoms with Gasteiger partial charge in [0.1, 0.15) is 18.1 Å². The molecule has 0 bridgehead atoms. The Morgan fingerprint density at radius 3 is 2.00 bits per heavy atom. The number of carboxylic acid groups (broad SMARTS) is 1. The molecule has 17 heteroatoms. The summed E-state index contributed by atoms with van der Waals surface area (Å²) in [6.07, 6.45) is 3.09. The van der Waals surface area contributed by atoms with Crippen LogP contribution < -0.4 is 39.3 Å². The van der Waals surface area contributed by atoms with Gasteiger partial charge in [-0.3, -0.25) is 29.2 Å². The zero-order valence-electron chi connectivity index (χ0n) is 23.2. The van der Waals surface area contributed by atoms with E-state index in [-0.39, 0.29) is 38.0 Å². The average molecular weight is 582 g/mol. The highest BCUT2D eigenvalue weighted by molar-refractivity contribution is 5.95. The van der Waals surface area contributed by atoms with Crippen molar-refractivity contribution in [1.82, 2.24) is 20.4 Å². The van der Waals surface area contributed by atoms with Gasteiger partial charge >= 0.3 is 5.97 Å². The topological polar surface area (TPSA) is 291 Å². The van der Waals surface area contributed by atoms with Crippen molar-refractivity contribution in [2.45, 2.75) is 75.5 Å². The molecule has 2 fully saturated rings. The lowest BCUT2D eigenvalue weighted by Crippen LogP contribution is -2.56. The Labute approximate surface area is 238 Å². The van der Waals surface area contributed by atoms with Crippen molar-refractivity contribution in [2.24, 2.45) is 38.7 Å². The maximum absolute atomic E-state index is 13.3. The third-order valence-corrected chi connectivity index (χ3v) is 6.97. The Morgan fingerprint density at radius 2 is 1.41 bits per heavy atom. The summed E-state index contributed by atoms with van der Waals surface area (Å²) in [5, 5.41) is 14.7. The van der Waals surface area contributed by atoms with Crippen LogP contribution in [0.3, 0.4) is 0 Å². The van der Waals surface area contributed by atoms with Crippen LogP contribution >= 0.6 is 0 Å². The predicted molar refractivity (Wildman–Crippen MR) is 150 cm³/mol. The first-order valence-electron chi connectivity index (χ1n) is 13.7. The first-order valence-corrected chi connectivity index (χ1v) is 13.7. The van der Waals surface area contributed by atoms with Gasteiger partial charge in [0.25, 0.3) is 0 Å². The Hall–Kier alpha value is -4.15. The Balaban J connectivity index is 1.99. The normalized spacial score (nSPS) is 19.6. The van der Waals surface area contributed by atoms with Gasteiger partial charge in [0, 0.05) is 26.2 Å². The minimum Gasteiger partial charge on any atom is -0.480 e. The number of hydrogen-bond donors (Lipinski definition) is 8. The number of rotatable bonds is 15. The van der Waals surface area contributed by atoms with Crippen molar-refractivity contribution in [3.8, 4) is 0 Å². The van der Waals surface area contributed by atoms with Gasteiger partial charge in [0.15, 0.2) is 11.9 Å². The number of carbonyl (C=O) groups excluding carboxylic acids is 4. The molecule has 0 aromatic heterocycles. The van der Waals surface area contributed by atoms with Gasteiger partial charge in [0.05, 0.1) is 12.6 Å². The van der Waals surface area contributed by atoms with Crippen LogP contribution in [-0.2, 0) is 24.0 Å². The minimum atomic E-state index is -1.11. The number of likely N-dealkylation sites (tertiary alicyclic amines) is 2. The first kappa shape index (κ1) is 33.1. The zero-order chi connectivity index (χ0) is 30.5. The highest BCUT2D eigenvalue weighted by Gasteiger charge is 2.40. The molecule has 0 spiro atoms. The van der Waals surface area contributed by atoms with E-state index in [0.29, 0.717) is 58.0 Å². The second-order valence-corrected chi connectivity index (χ2v) is 10.1. The number of carbonyl (C=O) groups is 5. The highest BCUT2D eigenvalue weighted by atomic mass is 16.4. The van der Waals surface area contributed by atoms with Gasteiger partial charge < -0.3 is 54.2 Å². The number of hydrogen-bond acceptors (Lipinski definition) is 8. The molecule has 0 unspecified atom stereocenters. The third kappa shape index (κ3) is 10.4. The summed E-state index contributed by atoms with van der Waals surface area (Å²) in [4.78, 5) is 73.8. The van der Waals surface area contributed by atoms with Crippen molar-refractivity contribution < 1.29 is 29.1 Å². The smallest absolute Gasteiger partial charge is 0.326 e. The maximum atomic E-state index is 13.3. The average Bonchev–Trinajstić information content (AvgIpc) is 3.61. The third-order valence-electron chi connectivity index (χ3n) is 6.97. The SMILES string of the molecule is NC(N)=NCCC[C@H](NC(=O)[C@@H]1CCCN1C(=O)CNC(=O)[C@@H](N)CCCN=C(N)N)C(=O)N1CCC[C@H]1C(=O)O. The summed E-state index contributed by atoms with van der Waals surface area (Å²) in [5.74, 6) is -3.31. The highest BCUT2D eigenvalue weighted by Crippen LogP contribution is 2.21. The summed E-state index contributed by atoms with van der Waals surface area (Å²) in [5.41, 5.74) is 27.1. The van der Waals surface area contributed by atoms with Gasteiger partial charge in [0.2, 0.25) is 23.6 Å². The van der Waals surface area contributed by atoms with Crippen LogP contribution in [0.15, 0.2) is 9.98 Å². The number of carboxylic acids is 1. The lowest BCUT2D eigenvalue weighted by Gasteiger charge is -2.30. The number of nitrogens with zero attached hydrogens (tertiary/aromatic N) is 4. The van der Waals surface area contributed by atoms with E-state index in [2.05, 4.69) is 20.6 Å². The fraction of sp³-hybridized carbons (Fsp3) is 0.708. The molecule has 17 nitrogen and oxygen atoms in total. The van der Waals surface area contributed by atoms with E-state index in [0.717, 1.165) is 0 Å². The molecule has 4 amide bonds. The molecule has 13 N–H and O–H groups in total. The molecule has 41 heavy (non-hydrogen) atoms. The van der Waals surface area contributed by atoms with Crippen LogP contribution in [-0.4, -0.2) is 113 Å². The number of aliphatic imine (C=N–C) groups is 2. The van der Waals surface area contributed by atoms with E-state index < -0.39 is 53.8 Å². The van der Waals surface area contributed by atoms with Crippen molar-refractivity contribution in [1.29, 1.82) is 0 Å². The lowest BCUT2D eigenvalue weighted by atomic mass is 10.1. The van der Waals surface area contributed by atoms with Crippen molar-refractivity contribution in [2.75, 3.05) is 32.7 Å². The van der Waals surface area contributed by atoms with Crippen LogP contribution in [0, 0.1) is 0 Å². The second-order valence-electron chi connectivity index (χ2n) is 10.1. The molecule has 2 heterocycles. The van der Waals surface area contributed by atoms with Crippen LogP contribution in [0.2, 0.25) is 0 Å². The van der Waals surface area contributed by atoms with Crippen LogP contribution in [0.5, 0.6) is 0 Å². The molecular formula is C24H43N11O6. The monoisotopic (exact) mass is 581 g/mol. The first-order chi connectivity index (χ1) is 19.4. The van der Waals surface area contributed by atoms with E-state index in [1.807, 2.05) is 0 Å². The maximum Gasteiger partial charge on any atom is 0.326 e. The van der Waals surface area contributed by atoms with Gasteiger partial charge in [-0.05, 0) is 51.4 Å². The van der Waals surface area contributed by atoms with Gasteiger partial charge in [-0.2, -0.15) is 0 Å². The molecule has 0 aromatic carbocycles. The Kier molecular flexibility index (Phi) is 13.1. The van der Waals surface area contributed by atoms with E-state index in [9.17, 15) is 29.1 Å². The van der Waals surface area contributed by atoms with E-state index >= 15 is 0 Å². The van der Waals surface area contributed by atoms with E-state index in [1.54, 1.807) is 0 Å². The molecule has 230 valence electrons. The summed E-state index contributed by atoms with van der Waals surface area (Å²) < 4.78 is 0. The van der Waals surface area contributed by atoms with Crippen molar-refractivity contribution >= 4 is 41.5 Å². The number of nitrogens with one attached hydrogen (secondary N) is 2. The molecule has 0 aliphatic carbocycles. The Morgan fingerprint density at radius 1 is 0.854 bits per heavy atom. The largest absolute Gasteiger partial charge is 0.480 e. The van der Waals surface area contributed by atoms with E-state index in [1.165, 1.54) is 9.80 Å². The van der Waals surface area contributed by atoms with Crippen LogP contribution in [0.4, 0.5) is 0 Å². The molecule has 2 saturated heterocycles. The van der Waals surface area contributed by atoms with Crippen LogP contribution in [0.25, 0.3) is 0 Å². The summed E-state index contributed by atoms with van der Waals surface area (Å²) in [6.45, 7) is 0.751. The molecule has 2 aliphatic heterocycles. The molecule has 2 rings (SSSR count). The zero-order valence-corrected chi connectivity index (χ0v) is 23.2. The number of aliphatic carboxylic acids is 1. The summed E-state index contributed by atoms with van der Waals surface area (Å²) >= 11 is 0. The number of amides is 4. The van der Waals surface area contributed by atoms with Crippen LogP contribution in [0.1, 0.15) is 51.4 Å². The molecular weight excluding hydrogens is 538 g/mol. The summed E-state index contributed by atoms with van der Waals surface area (Å²) in [7, 11) is 0. The molecule has 0 aromatic rings. The minimum absolute atomic E-state index is 0.0556. The Bertz CT molecular complexity index is 1010. The number of nitrogens with two attached hydrogens (primary N) is 5. The molecule has 0 saturated carbocycles.